The topological polar surface area (TPSA) is 81.2 Å². The second-order valence-corrected chi connectivity index (χ2v) is 6.35. The summed E-state index contributed by atoms with van der Waals surface area (Å²) in [6.07, 6.45) is 3.72. The summed E-state index contributed by atoms with van der Waals surface area (Å²) in [6.45, 7) is 3.81. The maximum atomic E-state index is 12.4. The highest BCUT2D eigenvalue weighted by Gasteiger charge is 2.25. The van der Waals surface area contributed by atoms with Gasteiger partial charge in [0.2, 0.25) is 11.8 Å². The lowest BCUT2D eigenvalue weighted by molar-refractivity contribution is -0.120. The Kier molecular flexibility index (Phi) is 4.48. The average Bonchev–Trinajstić information content (AvgIpc) is 2.87. The molecule has 2 aromatic rings. The molecule has 1 heterocycles. The number of amides is 1. The lowest BCUT2D eigenvalue weighted by Gasteiger charge is -2.25. The van der Waals surface area contributed by atoms with Gasteiger partial charge in [0, 0.05) is 23.2 Å². The SMILES string of the molecule is Cc1nc(-c2cccc(NC(=O)C3CCCC(N)C3)c2)oc1C. The van der Waals surface area contributed by atoms with Gasteiger partial charge < -0.3 is 15.5 Å². The van der Waals surface area contributed by atoms with Crippen molar-refractivity contribution in [3.63, 3.8) is 0 Å². The van der Waals surface area contributed by atoms with Gasteiger partial charge in [-0.1, -0.05) is 12.5 Å². The quantitative estimate of drug-likeness (QED) is 0.910. The Bertz CT molecular complexity index is 689. The summed E-state index contributed by atoms with van der Waals surface area (Å²) >= 11 is 0. The largest absolute Gasteiger partial charge is 0.441 e. The average molecular weight is 313 g/mol. The summed E-state index contributed by atoms with van der Waals surface area (Å²) in [4.78, 5) is 16.8. The Balaban J connectivity index is 1.73. The van der Waals surface area contributed by atoms with E-state index < -0.39 is 0 Å². The third kappa shape index (κ3) is 3.62. The number of aryl methyl sites for hydroxylation is 2. The highest BCUT2D eigenvalue weighted by Crippen LogP contribution is 2.27. The first-order valence-electron chi connectivity index (χ1n) is 8.14. The first kappa shape index (κ1) is 15.7. The Morgan fingerprint density at radius 1 is 1.35 bits per heavy atom. The summed E-state index contributed by atoms with van der Waals surface area (Å²) in [6, 6.07) is 7.74. The molecular formula is C18H23N3O2. The number of nitrogens with two attached hydrogens (primary N) is 1. The Labute approximate surface area is 136 Å². The van der Waals surface area contributed by atoms with E-state index in [1.54, 1.807) is 0 Å². The molecule has 0 radical (unpaired) electrons. The molecule has 1 saturated carbocycles. The van der Waals surface area contributed by atoms with Crippen molar-refractivity contribution < 1.29 is 9.21 Å². The molecule has 0 bridgehead atoms. The van der Waals surface area contributed by atoms with Crippen molar-refractivity contribution >= 4 is 11.6 Å². The van der Waals surface area contributed by atoms with E-state index in [1.807, 2.05) is 38.1 Å². The normalized spacial score (nSPS) is 21.2. The van der Waals surface area contributed by atoms with Crippen molar-refractivity contribution in [3.05, 3.63) is 35.7 Å². The van der Waals surface area contributed by atoms with E-state index in [2.05, 4.69) is 10.3 Å². The first-order chi connectivity index (χ1) is 11.0. The maximum absolute atomic E-state index is 12.4. The van der Waals surface area contributed by atoms with Gasteiger partial charge in [-0.2, -0.15) is 0 Å². The zero-order valence-corrected chi connectivity index (χ0v) is 13.6. The molecule has 1 aromatic carbocycles. The summed E-state index contributed by atoms with van der Waals surface area (Å²) < 4.78 is 5.65. The van der Waals surface area contributed by atoms with Crippen LogP contribution in [-0.2, 0) is 4.79 Å². The van der Waals surface area contributed by atoms with Crippen LogP contribution in [0.2, 0.25) is 0 Å². The minimum atomic E-state index is 0.00799. The molecule has 0 aliphatic heterocycles. The van der Waals surface area contributed by atoms with Gasteiger partial charge in [-0.3, -0.25) is 4.79 Å². The van der Waals surface area contributed by atoms with Crippen LogP contribution >= 0.6 is 0 Å². The van der Waals surface area contributed by atoms with E-state index in [0.717, 1.165) is 48.4 Å². The number of hydrogen-bond acceptors (Lipinski definition) is 4. The van der Waals surface area contributed by atoms with Gasteiger partial charge in [0.1, 0.15) is 5.76 Å². The molecule has 3 rings (SSSR count). The number of carbonyl (C=O) groups is 1. The first-order valence-corrected chi connectivity index (χ1v) is 8.14. The lowest BCUT2D eigenvalue weighted by Crippen LogP contribution is -2.34. The third-order valence-corrected chi connectivity index (χ3v) is 4.49. The fourth-order valence-electron chi connectivity index (χ4n) is 3.04. The Morgan fingerprint density at radius 2 is 2.17 bits per heavy atom. The van der Waals surface area contributed by atoms with E-state index in [1.165, 1.54) is 0 Å². The molecule has 2 atom stereocenters. The molecule has 1 fully saturated rings. The minimum absolute atomic E-state index is 0.00799. The van der Waals surface area contributed by atoms with Crippen molar-refractivity contribution in [2.75, 3.05) is 5.32 Å². The van der Waals surface area contributed by atoms with Crippen LogP contribution < -0.4 is 11.1 Å². The lowest BCUT2D eigenvalue weighted by atomic mass is 9.85. The number of hydrogen-bond donors (Lipinski definition) is 2. The van der Waals surface area contributed by atoms with Crippen LogP contribution in [0, 0.1) is 19.8 Å². The van der Waals surface area contributed by atoms with Gasteiger partial charge in [0.05, 0.1) is 5.69 Å². The molecule has 1 aromatic heterocycles. The number of nitrogens with zero attached hydrogens (tertiary/aromatic N) is 1. The molecule has 1 aliphatic rings. The van der Waals surface area contributed by atoms with E-state index in [9.17, 15) is 4.79 Å². The molecule has 0 saturated heterocycles. The van der Waals surface area contributed by atoms with Gasteiger partial charge in [-0.05, 0) is 51.3 Å². The number of anilines is 1. The van der Waals surface area contributed by atoms with E-state index in [0.29, 0.717) is 5.89 Å². The molecule has 5 nitrogen and oxygen atoms in total. The highest BCUT2D eigenvalue weighted by atomic mass is 16.4. The zero-order valence-electron chi connectivity index (χ0n) is 13.6. The van der Waals surface area contributed by atoms with E-state index >= 15 is 0 Å². The minimum Gasteiger partial charge on any atom is -0.441 e. The number of carbonyl (C=O) groups excluding carboxylic acids is 1. The number of nitrogens with one attached hydrogen (secondary N) is 1. The number of benzene rings is 1. The predicted octanol–water partition coefficient (Wildman–Crippen LogP) is 3.41. The van der Waals surface area contributed by atoms with Crippen LogP contribution in [0.15, 0.2) is 28.7 Å². The van der Waals surface area contributed by atoms with Crippen molar-refractivity contribution in [2.45, 2.75) is 45.6 Å². The predicted molar refractivity (Wildman–Crippen MR) is 90.0 cm³/mol. The molecule has 3 N–H and O–H groups in total. The molecule has 1 amide bonds. The molecule has 23 heavy (non-hydrogen) atoms. The summed E-state index contributed by atoms with van der Waals surface area (Å²) in [5.41, 5.74) is 8.48. The smallest absolute Gasteiger partial charge is 0.227 e. The van der Waals surface area contributed by atoms with Crippen molar-refractivity contribution in [1.82, 2.24) is 4.98 Å². The Hall–Kier alpha value is -2.14. The van der Waals surface area contributed by atoms with Gasteiger partial charge in [0.15, 0.2) is 0 Å². The number of aromatic nitrogens is 1. The van der Waals surface area contributed by atoms with E-state index in [4.69, 9.17) is 10.2 Å². The van der Waals surface area contributed by atoms with Gasteiger partial charge in [0.25, 0.3) is 0 Å². The standard InChI is InChI=1S/C18H23N3O2/c1-11-12(2)23-18(20-11)14-6-4-8-16(10-14)21-17(22)13-5-3-7-15(19)9-13/h4,6,8,10,13,15H,3,5,7,9,19H2,1-2H3,(H,21,22). The molecule has 0 spiro atoms. The zero-order chi connectivity index (χ0) is 16.4. The monoisotopic (exact) mass is 313 g/mol. The van der Waals surface area contributed by atoms with Crippen molar-refractivity contribution in [2.24, 2.45) is 11.7 Å². The number of oxazole rings is 1. The number of rotatable bonds is 3. The highest BCUT2D eigenvalue weighted by molar-refractivity contribution is 5.93. The summed E-state index contributed by atoms with van der Waals surface area (Å²) in [7, 11) is 0. The summed E-state index contributed by atoms with van der Waals surface area (Å²) in [5.74, 6) is 1.45. The molecule has 2 unspecified atom stereocenters. The molecular weight excluding hydrogens is 290 g/mol. The van der Waals surface area contributed by atoms with Crippen LogP contribution in [-0.4, -0.2) is 16.9 Å². The van der Waals surface area contributed by atoms with Crippen LogP contribution in [0.1, 0.15) is 37.1 Å². The second-order valence-electron chi connectivity index (χ2n) is 6.35. The fraction of sp³-hybridized carbons (Fsp3) is 0.444. The van der Waals surface area contributed by atoms with E-state index in [-0.39, 0.29) is 17.9 Å². The second kappa shape index (κ2) is 6.54. The maximum Gasteiger partial charge on any atom is 0.227 e. The van der Waals surface area contributed by atoms with Gasteiger partial charge >= 0.3 is 0 Å². The summed E-state index contributed by atoms with van der Waals surface area (Å²) in [5, 5.41) is 3.00. The molecule has 5 heteroatoms. The molecule has 122 valence electrons. The van der Waals surface area contributed by atoms with Crippen molar-refractivity contribution in [1.29, 1.82) is 0 Å². The van der Waals surface area contributed by atoms with Gasteiger partial charge in [-0.25, -0.2) is 4.98 Å². The van der Waals surface area contributed by atoms with Gasteiger partial charge in [-0.15, -0.1) is 0 Å². The fourth-order valence-corrected chi connectivity index (χ4v) is 3.04. The Morgan fingerprint density at radius 3 is 2.87 bits per heavy atom. The van der Waals surface area contributed by atoms with Crippen molar-refractivity contribution in [3.8, 4) is 11.5 Å². The van der Waals surface area contributed by atoms with Crippen LogP contribution in [0.5, 0.6) is 0 Å². The third-order valence-electron chi connectivity index (χ3n) is 4.49. The van der Waals surface area contributed by atoms with Crippen LogP contribution in [0.4, 0.5) is 5.69 Å². The molecule has 1 aliphatic carbocycles. The van der Waals surface area contributed by atoms with Crippen LogP contribution in [0.25, 0.3) is 11.5 Å². The van der Waals surface area contributed by atoms with Crippen LogP contribution in [0.3, 0.4) is 0 Å².